The summed E-state index contributed by atoms with van der Waals surface area (Å²) in [6.07, 6.45) is 6.64. The van der Waals surface area contributed by atoms with E-state index in [0.717, 1.165) is 9.79 Å². The van der Waals surface area contributed by atoms with Crippen molar-refractivity contribution >= 4 is 47.0 Å². The molecule has 0 saturated carbocycles. The van der Waals surface area contributed by atoms with Crippen LogP contribution in [0.3, 0.4) is 0 Å². The van der Waals surface area contributed by atoms with E-state index >= 15 is 0 Å². The van der Waals surface area contributed by atoms with E-state index in [1.165, 1.54) is 12.4 Å². The van der Waals surface area contributed by atoms with Gasteiger partial charge in [0.1, 0.15) is 0 Å². The van der Waals surface area contributed by atoms with Gasteiger partial charge in [-0.2, -0.15) is 0 Å². The van der Waals surface area contributed by atoms with E-state index in [9.17, 15) is 9.59 Å². The van der Waals surface area contributed by atoms with Crippen molar-refractivity contribution in [3.05, 3.63) is 60.9 Å². The summed E-state index contributed by atoms with van der Waals surface area (Å²) in [6, 6.07) is 14.2. The van der Waals surface area contributed by atoms with Gasteiger partial charge in [0.15, 0.2) is 0 Å². The first-order valence-electron chi connectivity index (χ1n) is 7.69. The predicted molar refractivity (Wildman–Crippen MR) is 110 cm³/mol. The fourth-order valence-electron chi connectivity index (χ4n) is 1.97. The molecule has 0 saturated heterocycles. The average molecular weight is 389 g/mol. The number of benzene rings is 2. The summed E-state index contributed by atoms with van der Waals surface area (Å²) in [6.45, 7) is 0. The standard InChI is InChI=1S/C18H20N4O2S2/c1-25-15-7-3-5-13(11-15)21-17(23)19-9-10-20-18(24)22-14-6-4-8-16(12-14)26-2/h3-12H,1-2H3,(H2,19,21,23)(H2,20,22,24). The zero-order valence-corrected chi connectivity index (χ0v) is 16.0. The minimum Gasteiger partial charge on any atom is -0.313 e. The summed E-state index contributed by atoms with van der Waals surface area (Å²) in [7, 11) is 0. The van der Waals surface area contributed by atoms with Crippen molar-refractivity contribution in [3.63, 3.8) is 0 Å². The van der Waals surface area contributed by atoms with Crippen LogP contribution < -0.4 is 21.3 Å². The van der Waals surface area contributed by atoms with E-state index < -0.39 is 12.1 Å². The zero-order valence-electron chi connectivity index (χ0n) is 14.4. The molecular weight excluding hydrogens is 368 g/mol. The number of rotatable bonds is 6. The van der Waals surface area contributed by atoms with E-state index in [1.54, 1.807) is 35.7 Å². The minimum absolute atomic E-state index is 0.394. The Hall–Kier alpha value is -2.58. The highest BCUT2D eigenvalue weighted by atomic mass is 32.2. The molecule has 26 heavy (non-hydrogen) atoms. The van der Waals surface area contributed by atoms with Gasteiger partial charge < -0.3 is 21.3 Å². The van der Waals surface area contributed by atoms with Crippen LogP contribution >= 0.6 is 23.5 Å². The van der Waals surface area contributed by atoms with Gasteiger partial charge in [-0.3, -0.25) is 0 Å². The SMILES string of the molecule is CSc1cccc(NC(=O)NC=CNC(=O)Nc2cccc(SC)c2)c1. The summed E-state index contributed by atoms with van der Waals surface area (Å²) in [5.74, 6) is 0. The van der Waals surface area contributed by atoms with Gasteiger partial charge in [0.2, 0.25) is 0 Å². The fraction of sp³-hybridized carbons (Fsp3) is 0.111. The Labute approximate surface area is 161 Å². The van der Waals surface area contributed by atoms with Gasteiger partial charge >= 0.3 is 12.1 Å². The van der Waals surface area contributed by atoms with Gasteiger partial charge in [-0.1, -0.05) is 12.1 Å². The summed E-state index contributed by atoms with van der Waals surface area (Å²) in [5, 5.41) is 10.5. The molecule has 0 bridgehead atoms. The molecule has 0 aromatic heterocycles. The topological polar surface area (TPSA) is 82.3 Å². The lowest BCUT2D eigenvalue weighted by atomic mass is 10.3. The van der Waals surface area contributed by atoms with E-state index in [2.05, 4.69) is 21.3 Å². The number of thioether (sulfide) groups is 2. The lowest BCUT2D eigenvalue weighted by Crippen LogP contribution is -2.27. The molecule has 4 amide bonds. The highest BCUT2D eigenvalue weighted by Gasteiger charge is 2.01. The number of carbonyl (C=O) groups is 2. The highest BCUT2D eigenvalue weighted by molar-refractivity contribution is 7.98. The minimum atomic E-state index is -0.394. The molecule has 0 aliphatic rings. The molecule has 0 atom stereocenters. The van der Waals surface area contributed by atoms with E-state index in [0.29, 0.717) is 11.4 Å². The molecule has 0 radical (unpaired) electrons. The molecule has 8 heteroatoms. The predicted octanol–water partition coefficient (Wildman–Crippen LogP) is 4.54. The van der Waals surface area contributed by atoms with Crippen LogP contribution in [0.5, 0.6) is 0 Å². The molecule has 0 aliphatic carbocycles. The van der Waals surface area contributed by atoms with Crippen molar-refractivity contribution in [1.82, 2.24) is 10.6 Å². The Kier molecular flexibility index (Phi) is 7.91. The van der Waals surface area contributed by atoms with Crippen LogP contribution in [0.25, 0.3) is 0 Å². The summed E-state index contributed by atoms with van der Waals surface area (Å²) >= 11 is 3.19. The van der Waals surface area contributed by atoms with Gasteiger partial charge in [-0.05, 0) is 48.9 Å². The molecule has 2 rings (SSSR count). The van der Waals surface area contributed by atoms with Gasteiger partial charge in [0.05, 0.1) is 0 Å². The summed E-state index contributed by atoms with van der Waals surface area (Å²) < 4.78 is 0. The van der Waals surface area contributed by atoms with Crippen LogP contribution in [0.1, 0.15) is 0 Å². The summed E-state index contributed by atoms with van der Waals surface area (Å²) in [4.78, 5) is 25.7. The molecule has 4 N–H and O–H groups in total. The fourth-order valence-corrected chi connectivity index (χ4v) is 2.89. The lowest BCUT2D eigenvalue weighted by molar-refractivity contribution is 0.253. The third-order valence-corrected chi connectivity index (χ3v) is 4.62. The lowest BCUT2D eigenvalue weighted by Gasteiger charge is -2.07. The maximum absolute atomic E-state index is 11.8. The second-order valence-electron chi connectivity index (χ2n) is 4.99. The van der Waals surface area contributed by atoms with Crippen molar-refractivity contribution in [2.45, 2.75) is 9.79 Å². The van der Waals surface area contributed by atoms with Crippen molar-refractivity contribution < 1.29 is 9.59 Å². The van der Waals surface area contributed by atoms with Gasteiger partial charge in [0, 0.05) is 33.6 Å². The van der Waals surface area contributed by atoms with Crippen LogP contribution in [-0.2, 0) is 0 Å². The molecular formula is C18H20N4O2S2. The molecule has 0 spiro atoms. The normalized spacial score (nSPS) is 10.4. The second kappa shape index (κ2) is 10.4. The van der Waals surface area contributed by atoms with Gasteiger partial charge in [-0.15, -0.1) is 23.5 Å². The van der Waals surface area contributed by atoms with E-state index in [1.807, 2.05) is 48.9 Å². The molecule has 0 fully saturated rings. The number of nitrogens with one attached hydrogen (secondary N) is 4. The monoisotopic (exact) mass is 388 g/mol. The van der Waals surface area contributed by atoms with Crippen LogP contribution in [0.15, 0.2) is 70.7 Å². The molecule has 0 heterocycles. The number of anilines is 2. The van der Waals surface area contributed by atoms with Crippen LogP contribution in [0.4, 0.5) is 21.0 Å². The first-order valence-corrected chi connectivity index (χ1v) is 10.1. The molecule has 2 aromatic carbocycles. The first-order chi connectivity index (χ1) is 12.6. The number of amides is 4. The molecule has 136 valence electrons. The largest absolute Gasteiger partial charge is 0.323 e. The second-order valence-corrected chi connectivity index (χ2v) is 6.75. The Balaban J connectivity index is 1.75. The summed E-state index contributed by atoms with van der Waals surface area (Å²) in [5.41, 5.74) is 1.39. The average Bonchev–Trinajstić information content (AvgIpc) is 2.65. The Morgan fingerprint density at radius 1 is 0.769 bits per heavy atom. The van der Waals surface area contributed by atoms with Crippen molar-refractivity contribution in [2.24, 2.45) is 0 Å². The number of hydrogen-bond acceptors (Lipinski definition) is 4. The Morgan fingerprint density at radius 2 is 1.19 bits per heavy atom. The molecule has 6 nitrogen and oxygen atoms in total. The van der Waals surface area contributed by atoms with Crippen molar-refractivity contribution in [1.29, 1.82) is 0 Å². The van der Waals surface area contributed by atoms with Gasteiger partial charge in [0.25, 0.3) is 0 Å². The van der Waals surface area contributed by atoms with Crippen LogP contribution in [-0.4, -0.2) is 24.6 Å². The van der Waals surface area contributed by atoms with Crippen LogP contribution in [0, 0.1) is 0 Å². The maximum Gasteiger partial charge on any atom is 0.323 e. The Bertz CT molecular complexity index is 731. The molecule has 2 aromatic rings. The third-order valence-electron chi connectivity index (χ3n) is 3.17. The van der Waals surface area contributed by atoms with E-state index in [-0.39, 0.29) is 0 Å². The molecule has 0 unspecified atom stereocenters. The number of urea groups is 2. The van der Waals surface area contributed by atoms with Crippen LogP contribution in [0.2, 0.25) is 0 Å². The number of carbonyl (C=O) groups excluding carboxylic acids is 2. The molecule has 0 aliphatic heterocycles. The quantitative estimate of drug-likeness (QED) is 0.548. The highest BCUT2D eigenvalue weighted by Crippen LogP contribution is 2.19. The van der Waals surface area contributed by atoms with Gasteiger partial charge in [-0.25, -0.2) is 9.59 Å². The first kappa shape index (κ1) is 19.7. The van der Waals surface area contributed by atoms with Crippen molar-refractivity contribution in [3.8, 4) is 0 Å². The third kappa shape index (κ3) is 6.73. The zero-order chi connectivity index (χ0) is 18.8. The maximum atomic E-state index is 11.8. The Morgan fingerprint density at radius 3 is 1.58 bits per heavy atom. The number of hydrogen-bond donors (Lipinski definition) is 4. The van der Waals surface area contributed by atoms with E-state index in [4.69, 9.17) is 0 Å². The van der Waals surface area contributed by atoms with Crippen molar-refractivity contribution in [2.75, 3.05) is 23.1 Å². The smallest absolute Gasteiger partial charge is 0.313 e.